The maximum absolute atomic E-state index is 6.04. The van der Waals surface area contributed by atoms with Gasteiger partial charge in [-0.05, 0) is 25.7 Å². The van der Waals surface area contributed by atoms with Crippen LogP contribution in [0.1, 0.15) is 64.2 Å². The zero-order valence-electron chi connectivity index (χ0n) is 11.5. The van der Waals surface area contributed by atoms with Crippen LogP contribution in [0.2, 0.25) is 0 Å². The van der Waals surface area contributed by atoms with Crippen LogP contribution in [0.15, 0.2) is 10.6 Å². The molecule has 4 heteroatoms. The monoisotopic (exact) mass is 306 g/mol. The van der Waals surface area contributed by atoms with E-state index >= 15 is 0 Å². The number of ether oxygens (including phenoxy) is 2. The van der Waals surface area contributed by atoms with Crippen molar-refractivity contribution in [1.82, 2.24) is 0 Å². The van der Waals surface area contributed by atoms with Crippen LogP contribution in [0, 0.1) is 0 Å². The van der Waals surface area contributed by atoms with Crippen molar-refractivity contribution in [2.75, 3.05) is 0 Å². The van der Waals surface area contributed by atoms with Crippen LogP contribution in [0.3, 0.4) is 0 Å². The van der Waals surface area contributed by atoms with Gasteiger partial charge >= 0.3 is 0 Å². The van der Waals surface area contributed by atoms with Crippen molar-refractivity contribution >= 4 is 23.2 Å². The molecule has 0 spiro atoms. The molecule has 0 unspecified atom stereocenters. The molecule has 2 saturated carbocycles. The predicted molar refractivity (Wildman–Crippen MR) is 79.5 cm³/mol. The van der Waals surface area contributed by atoms with E-state index in [1.807, 2.05) is 0 Å². The summed E-state index contributed by atoms with van der Waals surface area (Å²) < 4.78 is 12.3. The largest absolute Gasteiger partial charge is 0.346 e. The zero-order chi connectivity index (χ0) is 13.5. The molecule has 2 aliphatic rings. The van der Waals surface area contributed by atoms with E-state index in [1.54, 1.807) is 6.08 Å². The highest BCUT2D eigenvalue weighted by Gasteiger charge is 2.22. The second-order valence-electron chi connectivity index (χ2n) is 5.62. The van der Waals surface area contributed by atoms with Gasteiger partial charge in [0.2, 0.25) is 0 Å². The Hall–Kier alpha value is 0.240. The minimum absolute atomic E-state index is 0.233. The first-order chi connectivity index (χ1) is 9.24. The van der Waals surface area contributed by atoms with Gasteiger partial charge in [-0.3, -0.25) is 0 Å². The number of hydrogen-bond acceptors (Lipinski definition) is 2. The molecule has 19 heavy (non-hydrogen) atoms. The molecule has 0 N–H and O–H groups in total. The van der Waals surface area contributed by atoms with Crippen molar-refractivity contribution in [3.63, 3.8) is 0 Å². The fourth-order valence-corrected chi connectivity index (χ4v) is 3.20. The lowest BCUT2D eigenvalue weighted by molar-refractivity contribution is -0.178. The van der Waals surface area contributed by atoms with Crippen molar-refractivity contribution < 1.29 is 9.47 Å². The fraction of sp³-hybridized carbons (Fsp3) is 0.867. The first kappa shape index (κ1) is 15.6. The SMILES string of the molecule is ClC(Cl)=CC(OC1CCCCC1)OC1CCCCC1. The molecule has 0 aromatic heterocycles. The lowest BCUT2D eigenvalue weighted by Crippen LogP contribution is -2.30. The van der Waals surface area contributed by atoms with E-state index in [2.05, 4.69) is 0 Å². The summed E-state index contributed by atoms with van der Waals surface area (Å²) in [6, 6.07) is 0. The smallest absolute Gasteiger partial charge is 0.180 e. The Kier molecular flexibility index (Phi) is 7.00. The zero-order valence-corrected chi connectivity index (χ0v) is 13.0. The normalized spacial score (nSPS) is 22.7. The number of hydrogen-bond donors (Lipinski definition) is 0. The van der Waals surface area contributed by atoms with Crippen molar-refractivity contribution in [2.45, 2.75) is 82.7 Å². The average Bonchev–Trinajstić information content (AvgIpc) is 2.40. The van der Waals surface area contributed by atoms with Crippen LogP contribution in [-0.2, 0) is 9.47 Å². The lowest BCUT2D eigenvalue weighted by Gasteiger charge is -2.30. The van der Waals surface area contributed by atoms with Gasteiger partial charge in [0.05, 0.1) is 12.2 Å². The third-order valence-electron chi connectivity index (χ3n) is 4.02. The van der Waals surface area contributed by atoms with Crippen LogP contribution < -0.4 is 0 Å². The van der Waals surface area contributed by atoms with E-state index in [9.17, 15) is 0 Å². The summed E-state index contributed by atoms with van der Waals surface area (Å²) in [6.07, 6.45) is 14.0. The van der Waals surface area contributed by atoms with Gasteiger partial charge in [0.25, 0.3) is 0 Å². The molecule has 0 aromatic carbocycles. The van der Waals surface area contributed by atoms with Gasteiger partial charge in [-0.2, -0.15) is 0 Å². The molecule has 0 aliphatic heterocycles. The molecule has 0 aromatic rings. The summed E-state index contributed by atoms with van der Waals surface area (Å²) in [5.41, 5.74) is 0. The van der Waals surface area contributed by atoms with Gasteiger partial charge in [0.15, 0.2) is 6.29 Å². The Morgan fingerprint density at radius 3 is 1.58 bits per heavy atom. The van der Waals surface area contributed by atoms with E-state index in [0.717, 1.165) is 25.7 Å². The molecule has 0 radical (unpaired) electrons. The van der Waals surface area contributed by atoms with Crippen LogP contribution in [0.4, 0.5) is 0 Å². The minimum Gasteiger partial charge on any atom is -0.346 e. The van der Waals surface area contributed by atoms with E-state index < -0.39 is 0 Å². The van der Waals surface area contributed by atoms with E-state index in [1.165, 1.54) is 38.5 Å². The van der Waals surface area contributed by atoms with E-state index in [-0.39, 0.29) is 10.8 Å². The average molecular weight is 307 g/mol. The molecule has 0 bridgehead atoms. The van der Waals surface area contributed by atoms with Gasteiger partial charge in [-0.25, -0.2) is 0 Å². The van der Waals surface area contributed by atoms with Gasteiger partial charge in [0, 0.05) is 6.08 Å². The summed E-state index contributed by atoms with van der Waals surface area (Å²) in [7, 11) is 0. The van der Waals surface area contributed by atoms with Crippen molar-refractivity contribution in [2.24, 2.45) is 0 Å². The van der Waals surface area contributed by atoms with Gasteiger partial charge in [0.1, 0.15) is 4.49 Å². The van der Waals surface area contributed by atoms with E-state index in [0.29, 0.717) is 12.2 Å². The van der Waals surface area contributed by atoms with Crippen LogP contribution in [0.5, 0.6) is 0 Å². The van der Waals surface area contributed by atoms with Crippen LogP contribution in [-0.4, -0.2) is 18.5 Å². The third-order valence-corrected chi connectivity index (χ3v) is 4.27. The van der Waals surface area contributed by atoms with Crippen molar-refractivity contribution in [1.29, 1.82) is 0 Å². The quantitative estimate of drug-likeness (QED) is 0.639. The molecule has 0 heterocycles. The van der Waals surface area contributed by atoms with Crippen LogP contribution >= 0.6 is 23.2 Å². The predicted octanol–water partition coefficient (Wildman–Crippen LogP) is 5.33. The Labute approximate surface area is 126 Å². The molecule has 110 valence electrons. The Morgan fingerprint density at radius 2 is 1.21 bits per heavy atom. The highest BCUT2D eigenvalue weighted by Crippen LogP contribution is 2.26. The van der Waals surface area contributed by atoms with Crippen molar-refractivity contribution in [3.8, 4) is 0 Å². The molecular formula is C15H24Cl2O2. The summed E-state index contributed by atoms with van der Waals surface area (Å²) >= 11 is 11.5. The molecule has 2 rings (SSSR count). The summed E-state index contributed by atoms with van der Waals surface area (Å²) in [4.78, 5) is 0. The molecular weight excluding hydrogens is 283 g/mol. The lowest BCUT2D eigenvalue weighted by atomic mass is 9.97. The molecule has 2 aliphatic carbocycles. The van der Waals surface area contributed by atoms with E-state index in [4.69, 9.17) is 32.7 Å². The number of halogens is 2. The molecule has 2 nitrogen and oxygen atoms in total. The number of rotatable bonds is 5. The van der Waals surface area contributed by atoms with Crippen LogP contribution in [0.25, 0.3) is 0 Å². The maximum atomic E-state index is 6.04. The Bertz CT molecular complexity index is 258. The Morgan fingerprint density at radius 1 is 0.789 bits per heavy atom. The highest BCUT2D eigenvalue weighted by molar-refractivity contribution is 6.55. The first-order valence-electron chi connectivity index (χ1n) is 7.58. The summed E-state index contributed by atoms with van der Waals surface area (Å²) in [5, 5.41) is 0. The second kappa shape index (κ2) is 8.51. The summed E-state index contributed by atoms with van der Waals surface area (Å²) in [6.45, 7) is 0. The first-order valence-corrected chi connectivity index (χ1v) is 8.33. The standard InChI is InChI=1S/C15H24Cl2O2/c16-14(17)11-15(18-12-7-3-1-4-8-12)19-13-9-5-2-6-10-13/h11-13,15H,1-10H2. The molecule has 0 atom stereocenters. The third kappa shape index (κ3) is 6.03. The maximum Gasteiger partial charge on any atom is 0.180 e. The Balaban J connectivity index is 1.85. The van der Waals surface area contributed by atoms with Gasteiger partial charge < -0.3 is 9.47 Å². The topological polar surface area (TPSA) is 18.5 Å². The molecule has 2 fully saturated rings. The minimum atomic E-state index is -0.379. The molecule has 0 saturated heterocycles. The van der Waals surface area contributed by atoms with Crippen molar-refractivity contribution in [3.05, 3.63) is 10.6 Å². The molecule has 0 amide bonds. The highest BCUT2D eigenvalue weighted by atomic mass is 35.5. The summed E-state index contributed by atoms with van der Waals surface area (Å²) in [5.74, 6) is 0. The fourth-order valence-electron chi connectivity index (χ4n) is 3.00. The second-order valence-corrected chi connectivity index (χ2v) is 6.62. The van der Waals surface area contributed by atoms with Gasteiger partial charge in [-0.15, -0.1) is 0 Å². The van der Waals surface area contributed by atoms with Gasteiger partial charge in [-0.1, -0.05) is 61.7 Å².